The molecule has 0 spiro atoms. The molecule has 0 bridgehead atoms. The first kappa shape index (κ1) is 9.56. The number of carbonyl (C=O) groups is 1. The molecular weight excluding hydrogens is 152 g/mol. The summed E-state index contributed by atoms with van der Waals surface area (Å²) in [6.45, 7) is 4.39. The van der Waals surface area contributed by atoms with Gasteiger partial charge in [-0.1, -0.05) is 26.7 Å². The first-order valence-electron chi connectivity index (χ1n) is 4.87. The van der Waals surface area contributed by atoms with Crippen molar-refractivity contribution in [2.24, 2.45) is 11.8 Å². The molecule has 0 heterocycles. The molecule has 0 aromatic carbocycles. The Morgan fingerprint density at radius 3 is 2.50 bits per heavy atom. The summed E-state index contributed by atoms with van der Waals surface area (Å²) in [7, 11) is 0. The van der Waals surface area contributed by atoms with Crippen LogP contribution in [0.25, 0.3) is 0 Å². The van der Waals surface area contributed by atoms with Gasteiger partial charge in [-0.25, -0.2) is 0 Å². The lowest BCUT2D eigenvalue weighted by atomic mass is 10.1. The van der Waals surface area contributed by atoms with Crippen molar-refractivity contribution in [1.29, 1.82) is 0 Å². The fourth-order valence-electron chi connectivity index (χ4n) is 1.54. The molecule has 0 aromatic rings. The zero-order valence-electron chi connectivity index (χ0n) is 8.01. The molecule has 2 heteroatoms. The SMILES string of the molecule is CC(C)C(=O)OCC1CCCC1. The van der Waals surface area contributed by atoms with Crippen molar-refractivity contribution in [3.05, 3.63) is 0 Å². The zero-order valence-corrected chi connectivity index (χ0v) is 8.01. The molecule has 12 heavy (non-hydrogen) atoms. The summed E-state index contributed by atoms with van der Waals surface area (Å²) in [5.41, 5.74) is 0. The fraction of sp³-hybridized carbons (Fsp3) is 0.900. The third-order valence-electron chi connectivity index (χ3n) is 2.41. The monoisotopic (exact) mass is 170 g/mol. The molecule has 0 aromatic heterocycles. The molecule has 1 saturated carbocycles. The molecule has 0 aliphatic heterocycles. The van der Waals surface area contributed by atoms with Crippen LogP contribution >= 0.6 is 0 Å². The molecule has 1 rings (SSSR count). The van der Waals surface area contributed by atoms with Crippen LogP contribution in [0.5, 0.6) is 0 Å². The predicted molar refractivity (Wildman–Crippen MR) is 47.8 cm³/mol. The highest BCUT2D eigenvalue weighted by molar-refractivity contribution is 5.71. The van der Waals surface area contributed by atoms with Crippen molar-refractivity contribution in [1.82, 2.24) is 0 Å². The molecule has 1 aliphatic carbocycles. The second-order valence-corrected chi connectivity index (χ2v) is 3.94. The van der Waals surface area contributed by atoms with E-state index >= 15 is 0 Å². The number of rotatable bonds is 3. The Kier molecular flexibility index (Phi) is 3.57. The first-order valence-corrected chi connectivity index (χ1v) is 4.87. The summed E-state index contributed by atoms with van der Waals surface area (Å²) in [5, 5.41) is 0. The molecule has 2 nitrogen and oxygen atoms in total. The van der Waals surface area contributed by atoms with Crippen LogP contribution in [0.4, 0.5) is 0 Å². The van der Waals surface area contributed by atoms with Gasteiger partial charge in [-0.2, -0.15) is 0 Å². The maximum absolute atomic E-state index is 11.1. The van der Waals surface area contributed by atoms with Crippen molar-refractivity contribution in [2.45, 2.75) is 39.5 Å². The van der Waals surface area contributed by atoms with Crippen molar-refractivity contribution in [3.63, 3.8) is 0 Å². The molecule has 0 unspecified atom stereocenters. The summed E-state index contributed by atoms with van der Waals surface area (Å²) < 4.78 is 5.15. The quantitative estimate of drug-likeness (QED) is 0.608. The van der Waals surface area contributed by atoms with Crippen LogP contribution in [0.15, 0.2) is 0 Å². The van der Waals surface area contributed by atoms with Gasteiger partial charge in [-0.05, 0) is 18.8 Å². The van der Waals surface area contributed by atoms with E-state index in [1.165, 1.54) is 25.7 Å². The van der Waals surface area contributed by atoms with Gasteiger partial charge in [0.05, 0.1) is 12.5 Å². The Morgan fingerprint density at radius 2 is 2.00 bits per heavy atom. The lowest BCUT2D eigenvalue weighted by Gasteiger charge is -2.11. The number of hydrogen-bond donors (Lipinski definition) is 0. The lowest BCUT2D eigenvalue weighted by molar-refractivity contribution is -0.148. The van der Waals surface area contributed by atoms with Crippen LogP contribution in [-0.4, -0.2) is 12.6 Å². The minimum Gasteiger partial charge on any atom is -0.465 e. The predicted octanol–water partition coefficient (Wildman–Crippen LogP) is 2.38. The maximum atomic E-state index is 11.1. The van der Waals surface area contributed by atoms with Crippen LogP contribution < -0.4 is 0 Å². The second-order valence-electron chi connectivity index (χ2n) is 3.94. The Hall–Kier alpha value is -0.530. The molecule has 70 valence electrons. The molecule has 0 amide bonds. The van der Waals surface area contributed by atoms with Gasteiger partial charge >= 0.3 is 5.97 Å². The lowest BCUT2D eigenvalue weighted by Crippen LogP contribution is -2.16. The van der Waals surface area contributed by atoms with E-state index in [1.807, 2.05) is 13.8 Å². The molecule has 0 saturated heterocycles. The number of esters is 1. The van der Waals surface area contributed by atoms with Crippen LogP contribution in [-0.2, 0) is 9.53 Å². The first-order chi connectivity index (χ1) is 5.70. The Bertz CT molecular complexity index is 146. The highest BCUT2D eigenvalue weighted by Gasteiger charge is 2.17. The Morgan fingerprint density at radius 1 is 1.42 bits per heavy atom. The summed E-state index contributed by atoms with van der Waals surface area (Å²) >= 11 is 0. The van der Waals surface area contributed by atoms with Crippen LogP contribution in [0.1, 0.15) is 39.5 Å². The van der Waals surface area contributed by atoms with Gasteiger partial charge in [-0.3, -0.25) is 4.79 Å². The minimum atomic E-state index is -0.0538. The van der Waals surface area contributed by atoms with E-state index < -0.39 is 0 Å². The molecule has 0 radical (unpaired) electrons. The molecule has 0 N–H and O–H groups in total. The smallest absolute Gasteiger partial charge is 0.308 e. The minimum absolute atomic E-state index is 0.0198. The van der Waals surface area contributed by atoms with Crippen molar-refractivity contribution >= 4 is 5.97 Å². The van der Waals surface area contributed by atoms with Crippen molar-refractivity contribution < 1.29 is 9.53 Å². The Balaban J connectivity index is 2.12. The third kappa shape index (κ3) is 2.84. The number of ether oxygens (including phenoxy) is 1. The zero-order chi connectivity index (χ0) is 8.97. The van der Waals surface area contributed by atoms with Gasteiger partial charge < -0.3 is 4.74 Å². The van der Waals surface area contributed by atoms with Gasteiger partial charge in [0.15, 0.2) is 0 Å². The van der Waals surface area contributed by atoms with Gasteiger partial charge in [0.2, 0.25) is 0 Å². The van der Waals surface area contributed by atoms with Gasteiger partial charge in [0.25, 0.3) is 0 Å². The summed E-state index contributed by atoms with van der Waals surface area (Å²) in [5.74, 6) is 0.612. The van der Waals surface area contributed by atoms with E-state index in [1.54, 1.807) is 0 Å². The van der Waals surface area contributed by atoms with E-state index in [2.05, 4.69) is 0 Å². The molecular formula is C10H18O2. The van der Waals surface area contributed by atoms with E-state index in [-0.39, 0.29) is 11.9 Å². The third-order valence-corrected chi connectivity index (χ3v) is 2.41. The maximum Gasteiger partial charge on any atom is 0.308 e. The van der Waals surface area contributed by atoms with Crippen molar-refractivity contribution in [2.75, 3.05) is 6.61 Å². The highest BCUT2D eigenvalue weighted by Crippen LogP contribution is 2.24. The summed E-state index contributed by atoms with van der Waals surface area (Å²) in [6, 6.07) is 0. The average molecular weight is 170 g/mol. The number of hydrogen-bond acceptors (Lipinski definition) is 2. The average Bonchev–Trinajstić information content (AvgIpc) is 2.51. The normalized spacial score (nSPS) is 18.6. The highest BCUT2D eigenvalue weighted by atomic mass is 16.5. The summed E-state index contributed by atoms with van der Waals surface area (Å²) in [4.78, 5) is 11.1. The largest absolute Gasteiger partial charge is 0.465 e. The standard InChI is InChI=1S/C10H18O2/c1-8(2)10(11)12-7-9-5-3-4-6-9/h8-9H,3-7H2,1-2H3. The van der Waals surface area contributed by atoms with E-state index in [0.29, 0.717) is 12.5 Å². The van der Waals surface area contributed by atoms with Crippen LogP contribution in [0, 0.1) is 11.8 Å². The van der Waals surface area contributed by atoms with E-state index in [4.69, 9.17) is 4.74 Å². The molecule has 0 atom stereocenters. The number of carbonyl (C=O) groups excluding carboxylic acids is 1. The molecule has 1 fully saturated rings. The fourth-order valence-corrected chi connectivity index (χ4v) is 1.54. The van der Waals surface area contributed by atoms with Crippen molar-refractivity contribution in [3.8, 4) is 0 Å². The Labute approximate surface area is 74.3 Å². The van der Waals surface area contributed by atoms with Crippen LogP contribution in [0.2, 0.25) is 0 Å². The van der Waals surface area contributed by atoms with Gasteiger partial charge in [0, 0.05) is 0 Å². The van der Waals surface area contributed by atoms with E-state index in [0.717, 1.165) is 0 Å². The molecule has 1 aliphatic rings. The van der Waals surface area contributed by atoms with E-state index in [9.17, 15) is 4.79 Å². The van der Waals surface area contributed by atoms with Crippen LogP contribution in [0.3, 0.4) is 0 Å². The van der Waals surface area contributed by atoms with Gasteiger partial charge in [-0.15, -0.1) is 0 Å². The van der Waals surface area contributed by atoms with Gasteiger partial charge in [0.1, 0.15) is 0 Å². The summed E-state index contributed by atoms with van der Waals surface area (Å²) in [6.07, 6.45) is 5.10. The second kappa shape index (κ2) is 4.48. The topological polar surface area (TPSA) is 26.3 Å².